The third-order valence-corrected chi connectivity index (χ3v) is 33.1. The van der Waals surface area contributed by atoms with Crippen LogP contribution in [0.3, 0.4) is 0 Å². The van der Waals surface area contributed by atoms with Crippen molar-refractivity contribution in [1.82, 2.24) is 26.3 Å². The number of fused-ring (bicyclic) bond motifs is 5. The van der Waals surface area contributed by atoms with Crippen molar-refractivity contribution in [2.24, 2.45) is 71.0 Å². The van der Waals surface area contributed by atoms with Gasteiger partial charge in [0, 0.05) is 123 Å². The summed E-state index contributed by atoms with van der Waals surface area (Å²) in [6.45, 7) is 19.8. The fourth-order valence-electron chi connectivity index (χ4n) is 24.0. The van der Waals surface area contributed by atoms with Gasteiger partial charge in [-0.2, -0.15) is 0 Å². The van der Waals surface area contributed by atoms with Crippen molar-refractivity contribution in [2.75, 3.05) is 26.2 Å². The van der Waals surface area contributed by atoms with Gasteiger partial charge in [0.1, 0.15) is 6.10 Å². The van der Waals surface area contributed by atoms with E-state index in [0.29, 0.717) is 53.3 Å². The maximum Gasteiger partial charge on any atom is 0.309 e. The number of amides is 4. The predicted molar refractivity (Wildman–Crippen MR) is 524 cm³/mol. The van der Waals surface area contributed by atoms with Crippen molar-refractivity contribution in [2.45, 2.75) is 172 Å². The summed E-state index contributed by atoms with van der Waals surface area (Å²) in [6.07, 6.45) is 9.06. The molecule has 5 saturated carbocycles. The lowest BCUT2D eigenvalue weighted by atomic mass is 9.59. The minimum absolute atomic E-state index is 0.0408. The van der Waals surface area contributed by atoms with E-state index in [1.54, 1.807) is 0 Å². The Bertz CT molecular complexity index is 5680. The SMILES string of the molecule is Cc1ccc(C2C(C)CC3C(=O)NCC3C2c2ccc(Cl)cc2)c(Cl)c1.Cc1ccc(C2CC(C)C3C(=O)NCC3C2c2ccc(Cl)cc2)c(Cl)c1.Cc1ccc(C2CC3C(=O)NCC3CC2c2ccc(Cl)cc2)c(Cl)c1.Cc1ccc(C2CC3CNC(=O)C3CC2c2ccc(Cl)cc2)c(Cl)c1.Cc1ccc(C2CCC3C(=O)OC(C)C3C2c2ccc(Br)cn2)c(Cl)c1. The molecule has 128 heavy (non-hydrogen) atoms. The minimum Gasteiger partial charge on any atom is -0.462 e. The van der Waals surface area contributed by atoms with Crippen LogP contribution in [0.4, 0.5) is 0 Å². The average Bonchev–Trinajstić information content (AvgIpc) is 1.51. The number of hydrogen-bond acceptors (Lipinski definition) is 7. The number of nitrogens with one attached hydrogen (secondary N) is 4. The third-order valence-electron chi connectivity index (χ3n) is 30.0. The molecule has 4 amide bonds. The lowest BCUT2D eigenvalue weighted by Gasteiger charge is -2.44. The fraction of sp³-hybridized carbons (Fsp3) is 0.402. The number of esters is 1. The lowest BCUT2D eigenvalue weighted by molar-refractivity contribution is -0.144. The number of cyclic esters (lactones) is 1. The number of halogens is 10. The largest absolute Gasteiger partial charge is 0.462 e. The maximum atomic E-state index is 12.4. The Morgan fingerprint density at radius 2 is 0.688 bits per heavy atom. The van der Waals surface area contributed by atoms with Gasteiger partial charge < -0.3 is 26.0 Å². The summed E-state index contributed by atoms with van der Waals surface area (Å²) in [5.74, 6) is 5.99. The Labute approximate surface area is 806 Å². The van der Waals surface area contributed by atoms with E-state index >= 15 is 0 Å². The van der Waals surface area contributed by atoms with Crippen molar-refractivity contribution < 1.29 is 28.7 Å². The fourth-order valence-corrected chi connectivity index (χ4v) is 26.6. The molecule has 10 aromatic rings. The highest BCUT2D eigenvalue weighted by Gasteiger charge is 2.56. The monoisotopic (exact) mass is 1950 g/mol. The summed E-state index contributed by atoms with van der Waals surface area (Å²) in [6, 6.07) is 68.1. The van der Waals surface area contributed by atoms with Gasteiger partial charge in [0.05, 0.1) is 5.92 Å². The van der Waals surface area contributed by atoms with E-state index in [0.717, 1.165) is 155 Å². The van der Waals surface area contributed by atoms with Crippen LogP contribution in [0, 0.1) is 106 Å². The first-order valence-corrected chi connectivity index (χ1v) is 49.4. The Hall–Kier alpha value is -7.43. The first-order valence-electron chi connectivity index (χ1n) is 45.2. The molecule has 4 N–H and O–H groups in total. The van der Waals surface area contributed by atoms with Crippen LogP contribution in [0.5, 0.6) is 0 Å². The van der Waals surface area contributed by atoms with Gasteiger partial charge in [0.25, 0.3) is 0 Å². The van der Waals surface area contributed by atoms with Gasteiger partial charge in [0.15, 0.2) is 0 Å². The molecule has 5 saturated heterocycles. The smallest absolute Gasteiger partial charge is 0.309 e. The lowest BCUT2D eigenvalue weighted by Crippen LogP contribution is -2.37. The van der Waals surface area contributed by atoms with E-state index in [-0.39, 0.29) is 113 Å². The quantitative estimate of drug-likeness (QED) is 0.0994. The van der Waals surface area contributed by atoms with Gasteiger partial charge in [-0.25, -0.2) is 0 Å². The van der Waals surface area contributed by atoms with Crippen LogP contribution in [0.25, 0.3) is 0 Å². The number of carbonyl (C=O) groups excluding carboxylic acids is 5. The molecule has 10 fully saturated rings. The van der Waals surface area contributed by atoms with E-state index in [9.17, 15) is 24.0 Å². The number of pyridine rings is 1. The molecule has 6 heterocycles. The van der Waals surface area contributed by atoms with Gasteiger partial charge in [0.2, 0.25) is 23.6 Å². The molecule has 5 aliphatic carbocycles. The zero-order valence-corrected chi connectivity index (χ0v) is 81.5. The van der Waals surface area contributed by atoms with Crippen molar-refractivity contribution in [1.29, 1.82) is 0 Å². The number of aryl methyl sites for hydroxylation is 5. The molecule has 0 spiro atoms. The second-order valence-corrected chi connectivity index (χ2v) is 42.6. The zero-order chi connectivity index (χ0) is 90.4. The molecule has 5 aliphatic heterocycles. The first kappa shape index (κ1) is 93.8. The second-order valence-electron chi connectivity index (χ2n) is 37.9. The number of nitrogens with zero attached hydrogens (tertiary/aromatic N) is 1. The molecule has 20 rings (SSSR count). The molecular weight excluding hydrogens is 1850 g/mol. The molecule has 21 heteroatoms. The standard InChI is InChI=1S/2C22H23Cl2NO.C21H21BrClNO2.2C21H21Cl2NO/c1-12-3-8-16(19(24)9-12)20-13(2)10-17-18(11-25-22(17)26)21(20)14-4-6-15(23)7-5-14;1-12-3-8-16(19(24)9-12)17-10-13(2)20-18(11-25-22(20)26)21(17)14-4-6-15(23)7-5-14;1-11-3-5-14(17(23)9-11)15-6-7-16-19(12(2)26-21(16)25)20(15)18-8-4-13(22)10-24-18;1-12-2-7-16(20(23)8-12)19-9-14-11-24-21(25)18(14)10-17(19)13-3-5-15(22)6-4-13;1-12-2-7-16(20(23)8-12)19-10-18-14(11-24-21(18)25)9-17(19)13-3-5-15(22)6-4-13/h2*3-9,13,17-18,20-21H,10-11H2,1-2H3,(H,25,26);3-5,8-10,12,15-16,19-20H,6-7H2,1-2H3;2*2-8,14,17-19H,9-11H2,1H3,(H,24,25). The van der Waals surface area contributed by atoms with Crippen LogP contribution >= 0.6 is 120 Å². The van der Waals surface area contributed by atoms with Crippen LogP contribution in [0.2, 0.25) is 45.2 Å². The molecular formula is C107H109BrCl9N5O6. The molecule has 9 aromatic carbocycles. The highest BCUT2D eigenvalue weighted by atomic mass is 79.9. The highest BCUT2D eigenvalue weighted by Crippen LogP contribution is 2.60. The number of rotatable bonds is 10. The first-order chi connectivity index (χ1) is 61.4. The zero-order valence-electron chi connectivity index (χ0n) is 73.1. The summed E-state index contributed by atoms with van der Waals surface area (Å²) < 4.78 is 6.56. The molecule has 11 nitrogen and oxygen atoms in total. The number of carbonyl (C=O) groups is 5. The van der Waals surface area contributed by atoms with Crippen molar-refractivity contribution in [3.05, 3.63) is 340 Å². The number of aromatic nitrogens is 1. The molecule has 23 atom stereocenters. The van der Waals surface area contributed by atoms with E-state index in [1.165, 1.54) is 55.6 Å². The second kappa shape index (κ2) is 40.6. The number of benzene rings is 9. The number of hydrogen-bond donors (Lipinski definition) is 4. The Morgan fingerprint density at radius 3 is 1.16 bits per heavy atom. The minimum atomic E-state index is -0.102. The number of ether oxygens (including phenoxy) is 1. The molecule has 10 aliphatic rings. The van der Waals surface area contributed by atoms with Crippen LogP contribution < -0.4 is 21.3 Å². The molecule has 668 valence electrons. The molecule has 1 aromatic heterocycles. The molecule has 23 unspecified atom stereocenters. The van der Waals surface area contributed by atoms with Gasteiger partial charge >= 0.3 is 5.97 Å². The van der Waals surface area contributed by atoms with Crippen LogP contribution in [0.1, 0.15) is 215 Å². The maximum absolute atomic E-state index is 12.4. The molecule has 0 bridgehead atoms. The van der Waals surface area contributed by atoms with Crippen molar-refractivity contribution in [3.63, 3.8) is 0 Å². The normalized spacial score (nSPS) is 29.9. The Balaban J connectivity index is 0.000000117. The van der Waals surface area contributed by atoms with Crippen molar-refractivity contribution in [3.8, 4) is 0 Å². The summed E-state index contributed by atoms with van der Waals surface area (Å²) in [7, 11) is 0. The summed E-state index contributed by atoms with van der Waals surface area (Å²) in [4.78, 5) is 66.3. The van der Waals surface area contributed by atoms with Crippen LogP contribution in [-0.2, 0) is 28.7 Å². The summed E-state index contributed by atoms with van der Waals surface area (Å²) in [5, 5.41) is 19.3. The summed E-state index contributed by atoms with van der Waals surface area (Å²) >= 11 is 61.0. The van der Waals surface area contributed by atoms with Crippen LogP contribution in [0.15, 0.2) is 211 Å². The van der Waals surface area contributed by atoms with E-state index < -0.39 is 0 Å². The van der Waals surface area contributed by atoms with Gasteiger partial charge in [-0.3, -0.25) is 29.0 Å². The van der Waals surface area contributed by atoms with Gasteiger partial charge in [-0.15, -0.1) is 0 Å². The van der Waals surface area contributed by atoms with E-state index in [4.69, 9.17) is 109 Å². The van der Waals surface area contributed by atoms with Gasteiger partial charge in [-0.1, -0.05) is 227 Å². The van der Waals surface area contributed by atoms with Crippen molar-refractivity contribution >= 4 is 150 Å². The van der Waals surface area contributed by atoms with E-state index in [2.05, 4.69) is 192 Å². The van der Waals surface area contributed by atoms with Gasteiger partial charge in [-0.05, 0) is 366 Å². The van der Waals surface area contributed by atoms with E-state index in [1.807, 2.05) is 112 Å². The average molecular weight is 1960 g/mol. The third kappa shape index (κ3) is 20.2. The Kier molecular flexibility index (Phi) is 29.7. The molecule has 0 radical (unpaired) electrons. The topological polar surface area (TPSA) is 156 Å². The summed E-state index contributed by atoms with van der Waals surface area (Å²) in [5.41, 5.74) is 17.7. The predicted octanol–water partition coefficient (Wildman–Crippen LogP) is 27.4. The Morgan fingerprint density at radius 1 is 0.320 bits per heavy atom. The van der Waals surface area contributed by atoms with Crippen LogP contribution in [-0.4, -0.2) is 66.9 Å². The highest BCUT2D eigenvalue weighted by molar-refractivity contribution is 9.10.